The minimum atomic E-state index is -4.48. The molecule has 0 aromatic heterocycles. The normalized spacial score (nSPS) is 19.4. The van der Waals surface area contributed by atoms with E-state index in [1.54, 1.807) is 0 Å². The Labute approximate surface area is 138 Å². The molecule has 0 radical (unpaired) electrons. The summed E-state index contributed by atoms with van der Waals surface area (Å²) in [5.74, 6) is 0. The molecule has 0 fully saturated rings. The number of rotatable bonds is 5. The maximum absolute atomic E-state index is 10.9. The van der Waals surface area contributed by atoms with Crippen LogP contribution in [0.15, 0.2) is 48.2 Å². The Hall–Kier alpha value is -0.800. The van der Waals surface area contributed by atoms with Gasteiger partial charge in [-0.25, -0.2) is 0 Å². The maximum atomic E-state index is 10.9. The molecule has 2 rings (SSSR count). The van der Waals surface area contributed by atoms with Crippen molar-refractivity contribution in [3.8, 4) is 0 Å². The molecule has 8 heteroatoms. The summed E-state index contributed by atoms with van der Waals surface area (Å²) >= 11 is 0. The molecule has 0 saturated carbocycles. The summed E-state index contributed by atoms with van der Waals surface area (Å²) in [7, 11) is -0.675. The van der Waals surface area contributed by atoms with Crippen LogP contribution in [0.3, 0.4) is 0 Å². The second kappa shape index (κ2) is 7.18. The smallest absolute Gasteiger partial charge is 0.179 e. The zero-order valence-corrected chi connectivity index (χ0v) is 14.7. The number of hydrogen-bond donors (Lipinski definition) is 0. The van der Waals surface area contributed by atoms with Gasteiger partial charge in [0.25, 0.3) is 0 Å². The van der Waals surface area contributed by atoms with E-state index in [0.29, 0.717) is 4.86 Å². The zero-order chi connectivity index (χ0) is 16.3. The molecule has 0 amide bonds. The van der Waals surface area contributed by atoms with E-state index in [1.807, 2.05) is 68.5 Å². The van der Waals surface area contributed by atoms with Crippen LogP contribution in [0.2, 0.25) is 0 Å². The molecule has 1 atom stereocenters. The molecule has 5 nitrogen and oxygen atoms in total. The standard InChI is InChI=1S/C14H16ClNO4S2/c1-11(10-16(2)3)14-9-13(12-7-5-4-6-8-12)21-22(14)20-15(17,18)19/h4-10H,1-3H3/b11-10+. The molecule has 1 aromatic rings. The van der Waals surface area contributed by atoms with Gasteiger partial charge in [0, 0.05) is 25.2 Å². The van der Waals surface area contributed by atoms with E-state index in [2.05, 4.69) is 0 Å². The molecule has 0 N–H and O–H groups in total. The Morgan fingerprint density at radius 1 is 1.23 bits per heavy atom. The van der Waals surface area contributed by atoms with Crippen LogP contribution < -0.4 is 14.0 Å². The van der Waals surface area contributed by atoms with Gasteiger partial charge < -0.3 is 4.90 Å². The summed E-state index contributed by atoms with van der Waals surface area (Å²) in [6.45, 7) is 1.86. The average molecular weight is 362 g/mol. The van der Waals surface area contributed by atoms with Gasteiger partial charge in [-0.3, -0.25) is 0 Å². The summed E-state index contributed by atoms with van der Waals surface area (Å²) in [6.07, 6.45) is 3.73. The van der Waals surface area contributed by atoms with Crippen LogP contribution in [-0.2, 0) is 3.74 Å². The Morgan fingerprint density at radius 3 is 2.41 bits per heavy atom. The third-order valence-corrected chi connectivity index (χ3v) is 7.19. The van der Waals surface area contributed by atoms with E-state index in [4.69, 9.17) is 3.74 Å². The molecule has 22 heavy (non-hydrogen) atoms. The molecule has 0 saturated heterocycles. The van der Waals surface area contributed by atoms with Crippen molar-refractivity contribution in [1.29, 1.82) is 0 Å². The highest BCUT2D eigenvalue weighted by Crippen LogP contribution is 2.51. The summed E-state index contributed by atoms with van der Waals surface area (Å²) in [5.41, 5.74) is 1.81. The Balaban J connectivity index is 2.36. The lowest BCUT2D eigenvalue weighted by atomic mass is 10.1. The minimum absolute atomic E-state index is 0.699. The number of nitrogens with zero attached hydrogens (tertiary/aromatic N) is 1. The number of hydrogen-bond acceptors (Lipinski definition) is 6. The fourth-order valence-corrected chi connectivity index (χ4v) is 6.58. The van der Waals surface area contributed by atoms with Crippen LogP contribution >= 0.6 is 20.6 Å². The molecule has 1 aromatic carbocycles. The molecule has 1 aliphatic heterocycles. The monoisotopic (exact) mass is 361 g/mol. The topological polar surface area (TPSA) is 81.7 Å². The summed E-state index contributed by atoms with van der Waals surface area (Å²) < 4.78 is 37.5. The molecule has 1 aliphatic rings. The van der Waals surface area contributed by atoms with Crippen molar-refractivity contribution in [3.05, 3.63) is 53.7 Å². The van der Waals surface area contributed by atoms with Crippen molar-refractivity contribution in [2.24, 2.45) is 0 Å². The Morgan fingerprint density at radius 2 is 1.86 bits per heavy atom. The summed E-state index contributed by atoms with van der Waals surface area (Å²) in [5, 5.41) is 0. The number of benzene rings is 1. The molecule has 0 bridgehead atoms. The average Bonchev–Trinajstić information content (AvgIpc) is 2.80. The van der Waals surface area contributed by atoms with Crippen molar-refractivity contribution < 1.29 is 28.0 Å². The predicted molar refractivity (Wildman–Crippen MR) is 83.1 cm³/mol. The van der Waals surface area contributed by atoms with Crippen LogP contribution in [0, 0.1) is 10.2 Å². The first-order valence-corrected chi connectivity index (χ1v) is 10.0. The van der Waals surface area contributed by atoms with Gasteiger partial charge in [-0.1, -0.05) is 30.3 Å². The summed E-state index contributed by atoms with van der Waals surface area (Å²) in [4.78, 5) is 3.43. The number of allylic oxidation sites excluding steroid dienone is 2. The van der Waals surface area contributed by atoms with Crippen molar-refractivity contribution in [3.63, 3.8) is 0 Å². The van der Waals surface area contributed by atoms with Crippen LogP contribution in [-0.4, -0.2) is 23.9 Å². The molecular formula is C14H16ClNO4S2. The molecule has 0 spiro atoms. The van der Waals surface area contributed by atoms with Crippen LogP contribution in [0.5, 0.6) is 0 Å². The highest BCUT2D eigenvalue weighted by Gasteiger charge is 2.31. The van der Waals surface area contributed by atoms with Crippen LogP contribution in [0.1, 0.15) is 12.5 Å². The highest BCUT2D eigenvalue weighted by molar-refractivity contribution is 8.85. The second-order valence-corrected chi connectivity index (χ2v) is 8.96. The number of halogens is 1. The van der Waals surface area contributed by atoms with Gasteiger partial charge in [-0.2, -0.15) is 14.0 Å². The largest absolute Gasteiger partial charge is 0.383 e. The lowest BCUT2D eigenvalue weighted by Gasteiger charge is -2.14. The highest BCUT2D eigenvalue weighted by atomic mass is 35.7. The third-order valence-electron chi connectivity index (χ3n) is 2.64. The minimum Gasteiger partial charge on any atom is -0.383 e. The lowest BCUT2D eigenvalue weighted by Crippen LogP contribution is -2.60. The van der Waals surface area contributed by atoms with Gasteiger partial charge >= 0.3 is 0 Å². The first-order chi connectivity index (χ1) is 10.3. The van der Waals surface area contributed by atoms with Gasteiger partial charge in [-0.15, -0.1) is 0 Å². The van der Waals surface area contributed by atoms with Crippen molar-refractivity contribution in [1.82, 2.24) is 4.90 Å². The quantitative estimate of drug-likeness (QED) is 0.429. The van der Waals surface area contributed by atoms with Gasteiger partial charge in [0.15, 0.2) is 9.80 Å². The molecular weight excluding hydrogens is 346 g/mol. The van der Waals surface area contributed by atoms with E-state index >= 15 is 0 Å². The van der Waals surface area contributed by atoms with Crippen LogP contribution in [0.25, 0.3) is 4.91 Å². The van der Waals surface area contributed by atoms with Crippen LogP contribution in [0.4, 0.5) is 0 Å². The van der Waals surface area contributed by atoms with E-state index < -0.39 is 20.0 Å². The van der Waals surface area contributed by atoms with Gasteiger partial charge in [0.1, 0.15) is 3.74 Å². The molecule has 1 unspecified atom stereocenters. The van der Waals surface area contributed by atoms with Gasteiger partial charge in [-0.05, 0) is 34.9 Å². The lowest BCUT2D eigenvalue weighted by molar-refractivity contribution is -1.91. The fraction of sp³-hybridized carbons (Fsp3) is 0.214. The van der Waals surface area contributed by atoms with E-state index in [1.165, 1.54) is 10.8 Å². The molecule has 0 aliphatic carbocycles. The van der Waals surface area contributed by atoms with E-state index in [9.17, 15) is 14.0 Å². The van der Waals surface area contributed by atoms with E-state index in [0.717, 1.165) is 16.0 Å². The van der Waals surface area contributed by atoms with E-state index in [-0.39, 0.29) is 0 Å². The third kappa shape index (κ3) is 4.85. The Bertz CT molecular complexity index is 636. The first kappa shape index (κ1) is 17.6. The van der Waals surface area contributed by atoms with Crippen molar-refractivity contribution >= 4 is 30.4 Å². The zero-order valence-electron chi connectivity index (χ0n) is 12.3. The SMILES string of the molecule is C/C(=C\N(C)C)C1=S(O[Cl+3]([O-])([O-])[O-])SC(c2ccccc2)=C1. The van der Waals surface area contributed by atoms with Gasteiger partial charge in [0.05, 0.1) is 15.1 Å². The molecule has 120 valence electrons. The fourth-order valence-electron chi connectivity index (χ4n) is 1.86. The second-order valence-electron chi connectivity index (χ2n) is 4.77. The Kier molecular flexibility index (Phi) is 5.73. The first-order valence-electron chi connectivity index (χ1n) is 6.29. The van der Waals surface area contributed by atoms with Crippen molar-refractivity contribution in [2.75, 3.05) is 14.1 Å². The molecule has 1 heterocycles. The van der Waals surface area contributed by atoms with Crippen molar-refractivity contribution in [2.45, 2.75) is 6.92 Å². The van der Waals surface area contributed by atoms with Gasteiger partial charge in [0.2, 0.25) is 0 Å². The summed E-state index contributed by atoms with van der Waals surface area (Å²) in [6, 6.07) is 9.57. The predicted octanol–water partition coefficient (Wildman–Crippen LogP) is 0.425. The maximum Gasteiger partial charge on any atom is 0.179 e.